The second-order valence-corrected chi connectivity index (χ2v) is 12.3. The smallest absolute Gasteiger partial charge is 0.264 e. The Hall–Kier alpha value is -4.34. The molecular weight excluding hydrogens is 586 g/mol. The number of hydrogen-bond acceptors (Lipinski definition) is 5. The molecule has 4 aromatic rings. The fraction of sp³-hybridized carbons (Fsp3) is 0.212. The number of ether oxygens (including phenoxy) is 1. The van der Waals surface area contributed by atoms with E-state index in [4.69, 9.17) is 16.3 Å². The molecule has 0 heterocycles. The van der Waals surface area contributed by atoms with Crippen LogP contribution in [0.5, 0.6) is 11.5 Å². The SMILES string of the molecule is CCNC(=O)C(C)N(Cc1ccc(Cl)cc1)C(=O)CN(c1ccc(Oc2ccccc2)cc1)S(=O)(=O)c1ccc(C)cc1. The number of likely N-dealkylation sites (N-methyl/N-ethyl adjacent to an activating group) is 1. The van der Waals surface area contributed by atoms with Gasteiger partial charge in [-0.3, -0.25) is 13.9 Å². The standard InChI is InChI=1S/C33H34ClN3O5S/c1-4-35-33(39)25(3)36(22-26-12-14-27(34)15-13-26)32(38)23-37(43(40,41)31-20-10-24(2)11-21-31)28-16-18-30(19-17-28)42-29-8-6-5-7-9-29/h5-21,25H,4,22-23H2,1-3H3,(H,35,39). The lowest BCUT2D eigenvalue weighted by atomic mass is 10.1. The number of rotatable bonds is 12. The highest BCUT2D eigenvalue weighted by atomic mass is 35.5. The van der Waals surface area contributed by atoms with Crippen molar-refractivity contribution < 1.29 is 22.7 Å². The Kier molecular flexibility index (Phi) is 10.4. The third-order valence-electron chi connectivity index (χ3n) is 6.78. The van der Waals surface area contributed by atoms with Gasteiger partial charge in [0.05, 0.1) is 10.6 Å². The van der Waals surface area contributed by atoms with Gasteiger partial charge in [-0.25, -0.2) is 8.42 Å². The summed E-state index contributed by atoms with van der Waals surface area (Å²) in [5.74, 6) is 0.240. The Morgan fingerprint density at radius 2 is 1.47 bits per heavy atom. The fourth-order valence-corrected chi connectivity index (χ4v) is 5.90. The van der Waals surface area contributed by atoms with Crippen LogP contribution < -0.4 is 14.4 Å². The van der Waals surface area contributed by atoms with Crippen LogP contribution in [0, 0.1) is 6.92 Å². The van der Waals surface area contributed by atoms with Crippen LogP contribution in [-0.2, 0) is 26.2 Å². The molecule has 0 saturated heterocycles. The van der Waals surface area contributed by atoms with Gasteiger partial charge < -0.3 is 15.0 Å². The molecule has 0 aromatic heterocycles. The number of nitrogens with zero attached hydrogens (tertiary/aromatic N) is 2. The van der Waals surface area contributed by atoms with Crippen molar-refractivity contribution in [2.24, 2.45) is 0 Å². The molecule has 0 aliphatic carbocycles. The number of carbonyl (C=O) groups is 2. The Morgan fingerprint density at radius 3 is 2.07 bits per heavy atom. The predicted octanol–water partition coefficient (Wildman–Crippen LogP) is 6.19. The Bertz CT molecular complexity index is 1630. The molecule has 0 aliphatic heterocycles. The molecule has 1 unspecified atom stereocenters. The van der Waals surface area contributed by atoms with E-state index in [0.29, 0.717) is 23.1 Å². The van der Waals surface area contributed by atoms with Crippen molar-refractivity contribution in [1.82, 2.24) is 10.2 Å². The van der Waals surface area contributed by atoms with Crippen LogP contribution in [-0.4, -0.2) is 44.3 Å². The molecule has 0 aliphatic rings. The summed E-state index contributed by atoms with van der Waals surface area (Å²) in [5.41, 5.74) is 1.91. The van der Waals surface area contributed by atoms with Crippen molar-refractivity contribution in [3.05, 3.63) is 119 Å². The third kappa shape index (κ3) is 8.15. The van der Waals surface area contributed by atoms with E-state index >= 15 is 0 Å². The van der Waals surface area contributed by atoms with Crippen LogP contribution in [0.2, 0.25) is 5.02 Å². The van der Waals surface area contributed by atoms with Crippen LogP contribution in [0.4, 0.5) is 5.69 Å². The van der Waals surface area contributed by atoms with Gasteiger partial charge in [-0.15, -0.1) is 0 Å². The molecule has 0 bridgehead atoms. The first kappa shape index (κ1) is 31.6. The van der Waals surface area contributed by atoms with Gasteiger partial charge in [0.15, 0.2) is 0 Å². The van der Waals surface area contributed by atoms with E-state index < -0.39 is 28.5 Å². The van der Waals surface area contributed by atoms with Gasteiger partial charge in [0.25, 0.3) is 10.0 Å². The summed E-state index contributed by atoms with van der Waals surface area (Å²) in [6, 6.07) is 28.2. The van der Waals surface area contributed by atoms with Gasteiger partial charge in [-0.1, -0.05) is 59.6 Å². The van der Waals surface area contributed by atoms with Crippen molar-refractivity contribution in [2.45, 2.75) is 38.3 Å². The zero-order valence-corrected chi connectivity index (χ0v) is 25.8. The monoisotopic (exact) mass is 619 g/mol. The number of benzene rings is 4. The zero-order valence-electron chi connectivity index (χ0n) is 24.2. The minimum absolute atomic E-state index is 0.0385. The highest BCUT2D eigenvalue weighted by Gasteiger charge is 2.32. The molecule has 2 amide bonds. The van der Waals surface area contributed by atoms with Crippen molar-refractivity contribution in [3.8, 4) is 11.5 Å². The molecule has 0 spiro atoms. The predicted molar refractivity (Wildman–Crippen MR) is 169 cm³/mol. The number of aryl methyl sites for hydroxylation is 1. The van der Waals surface area contributed by atoms with E-state index in [-0.39, 0.29) is 23.0 Å². The number of para-hydroxylation sites is 1. The number of carbonyl (C=O) groups excluding carboxylic acids is 2. The topological polar surface area (TPSA) is 96.0 Å². The van der Waals surface area contributed by atoms with Crippen LogP contribution in [0.1, 0.15) is 25.0 Å². The summed E-state index contributed by atoms with van der Waals surface area (Å²) in [6.45, 7) is 5.20. The van der Waals surface area contributed by atoms with E-state index in [9.17, 15) is 18.0 Å². The number of nitrogens with one attached hydrogen (secondary N) is 1. The Morgan fingerprint density at radius 1 is 0.860 bits per heavy atom. The maximum Gasteiger partial charge on any atom is 0.264 e. The van der Waals surface area contributed by atoms with E-state index in [0.717, 1.165) is 15.4 Å². The first-order valence-electron chi connectivity index (χ1n) is 13.8. The lowest BCUT2D eigenvalue weighted by molar-refractivity contribution is -0.139. The minimum Gasteiger partial charge on any atom is -0.457 e. The quantitative estimate of drug-likeness (QED) is 0.204. The van der Waals surface area contributed by atoms with E-state index in [1.807, 2.05) is 37.3 Å². The Balaban J connectivity index is 1.70. The lowest BCUT2D eigenvalue weighted by Crippen LogP contribution is -2.51. The van der Waals surface area contributed by atoms with Gasteiger partial charge in [0, 0.05) is 18.1 Å². The first-order valence-corrected chi connectivity index (χ1v) is 15.6. The summed E-state index contributed by atoms with van der Waals surface area (Å²) < 4.78 is 35.0. The van der Waals surface area contributed by atoms with Crippen LogP contribution in [0.3, 0.4) is 0 Å². The average molecular weight is 620 g/mol. The van der Waals surface area contributed by atoms with Crippen LogP contribution >= 0.6 is 11.6 Å². The van der Waals surface area contributed by atoms with Crippen molar-refractivity contribution in [3.63, 3.8) is 0 Å². The maximum absolute atomic E-state index is 14.0. The highest BCUT2D eigenvalue weighted by Crippen LogP contribution is 2.29. The number of halogens is 1. The second kappa shape index (κ2) is 14.2. The summed E-state index contributed by atoms with van der Waals surface area (Å²) in [6.07, 6.45) is 0. The highest BCUT2D eigenvalue weighted by molar-refractivity contribution is 7.92. The lowest BCUT2D eigenvalue weighted by Gasteiger charge is -2.32. The molecule has 0 radical (unpaired) electrons. The van der Waals surface area contributed by atoms with Gasteiger partial charge in [0.2, 0.25) is 11.8 Å². The number of anilines is 1. The van der Waals surface area contributed by atoms with Gasteiger partial charge in [0.1, 0.15) is 24.1 Å². The molecule has 0 fully saturated rings. The summed E-state index contributed by atoms with van der Waals surface area (Å²) in [5, 5.41) is 3.28. The third-order valence-corrected chi connectivity index (χ3v) is 8.82. The minimum atomic E-state index is -4.18. The summed E-state index contributed by atoms with van der Waals surface area (Å²) in [7, 11) is -4.18. The molecule has 8 nitrogen and oxygen atoms in total. The molecule has 4 aromatic carbocycles. The average Bonchev–Trinajstić information content (AvgIpc) is 3.00. The van der Waals surface area contributed by atoms with Crippen LogP contribution in [0.15, 0.2) is 108 Å². The molecule has 1 atom stereocenters. The van der Waals surface area contributed by atoms with E-state index in [1.54, 1.807) is 74.5 Å². The number of hydrogen-bond donors (Lipinski definition) is 1. The Labute approximate surface area is 257 Å². The van der Waals surface area contributed by atoms with Gasteiger partial charge in [-0.05, 0) is 87.0 Å². The molecule has 1 N–H and O–H groups in total. The summed E-state index contributed by atoms with van der Waals surface area (Å²) >= 11 is 6.05. The van der Waals surface area contributed by atoms with E-state index in [2.05, 4.69) is 5.32 Å². The molecule has 0 saturated carbocycles. The zero-order chi connectivity index (χ0) is 31.0. The van der Waals surface area contributed by atoms with Crippen molar-refractivity contribution in [2.75, 3.05) is 17.4 Å². The normalized spacial score (nSPS) is 11.8. The van der Waals surface area contributed by atoms with Crippen LogP contribution in [0.25, 0.3) is 0 Å². The van der Waals surface area contributed by atoms with Gasteiger partial charge >= 0.3 is 0 Å². The molecular formula is C33H34ClN3O5S. The fourth-order valence-electron chi connectivity index (χ4n) is 4.36. The van der Waals surface area contributed by atoms with Crippen molar-refractivity contribution in [1.29, 1.82) is 0 Å². The number of amides is 2. The number of sulfonamides is 1. The summed E-state index contributed by atoms with van der Waals surface area (Å²) in [4.78, 5) is 28.2. The molecule has 43 heavy (non-hydrogen) atoms. The first-order chi connectivity index (χ1) is 20.6. The van der Waals surface area contributed by atoms with Crippen molar-refractivity contribution >= 4 is 39.1 Å². The van der Waals surface area contributed by atoms with Gasteiger partial charge in [-0.2, -0.15) is 0 Å². The molecule has 4 rings (SSSR count). The molecule has 224 valence electrons. The second-order valence-electron chi connectivity index (χ2n) is 9.95. The van der Waals surface area contributed by atoms with E-state index in [1.165, 1.54) is 17.0 Å². The molecule has 10 heteroatoms. The maximum atomic E-state index is 14.0. The largest absolute Gasteiger partial charge is 0.457 e.